The molecule has 57 heavy (non-hydrogen) atoms. The van der Waals surface area contributed by atoms with Gasteiger partial charge in [-0.15, -0.1) is 0 Å². The summed E-state index contributed by atoms with van der Waals surface area (Å²) in [5, 5.41) is 0. The van der Waals surface area contributed by atoms with Gasteiger partial charge in [0.15, 0.2) is 5.79 Å². The lowest BCUT2D eigenvalue weighted by atomic mass is 9.92. The standard InChI is InChI=1S/C50H97NO6/c1-7-13-23-31-45(32-24-14-8-2)37-41-54-48(52)35-27-19-17-21-29-39-50(56-44-47(57-50)43-51(11-5)12-6)40-30-22-18-20-28-36-49(53)55-42-38-46(33-25-15-9-3)34-26-16-10-4/h45-47H,7-44H2,1-6H3. The smallest absolute Gasteiger partial charge is 0.305 e. The molecule has 0 N–H and O–H groups in total. The zero-order valence-corrected chi connectivity index (χ0v) is 39.0. The van der Waals surface area contributed by atoms with Crippen LogP contribution in [0.3, 0.4) is 0 Å². The van der Waals surface area contributed by atoms with Crippen LogP contribution in [-0.4, -0.2) is 68.2 Å². The lowest BCUT2D eigenvalue weighted by Gasteiger charge is -2.29. The maximum atomic E-state index is 12.5. The fourth-order valence-corrected chi connectivity index (χ4v) is 8.67. The summed E-state index contributed by atoms with van der Waals surface area (Å²) in [4.78, 5) is 27.4. The minimum atomic E-state index is -0.471. The third-order valence-electron chi connectivity index (χ3n) is 12.6. The molecule has 1 saturated heterocycles. The Balaban J connectivity index is 2.35. The minimum Gasteiger partial charge on any atom is -0.466 e. The normalized spacial score (nSPS) is 15.4. The van der Waals surface area contributed by atoms with E-state index >= 15 is 0 Å². The van der Waals surface area contributed by atoms with Gasteiger partial charge in [-0.3, -0.25) is 9.59 Å². The molecule has 1 unspecified atom stereocenters. The summed E-state index contributed by atoms with van der Waals surface area (Å²) in [5.74, 6) is 0.902. The average Bonchev–Trinajstić information content (AvgIpc) is 3.61. The highest BCUT2D eigenvalue weighted by atomic mass is 16.7. The van der Waals surface area contributed by atoms with E-state index in [4.69, 9.17) is 18.9 Å². The van der Waals surface area contributed by atoms with E-state index < -0.39 is 5.79 Å². The van der Waals surface area contributed by atoms with Crippen molar-refractivity contribution < 1.29 is 28.5 Å². The Labute approximate surface area is 354 Å². The molecule has 1 aliphatic heterocycles. The molecule has 0 spiro atoms. The Morgan fingerprint density at radius 2 is 0.912 bits per heavy atom. The van der Waals surface area contributed by atoms with Crippen molar-refractivity contribution in [2.45, 2.75) is 259 Å². The van der Waals surface area contributed by atoms with E-state index in [0.717, 1.165) is 110 Å². The number of carbonyl (C=O) groups excluding carboxylic acids is 2. The van der Waals surface area contributed by atoms with E-state index in [1.54, 1.807) is 0 Å². The molecule has 1 fully saturated rings. The average molecular weight is 808 g/mol. The predicted molar refractivity (Wildman–Crippen MR) is 241 cm³/mol. The fourth-order valence-electron chi connectivity index (χ4n) is 8.67. The number of carbonyl (C=O) groups is 2. The first-order chi connectivity index (χ1) is 27.8. The summed E-state index contributed by atoms with van der Waals surface area (Å²) in [5.41, 5.74) is 0. The summed E-state index contributed by atoms with van der Waals surface area (Å²) in [7, 11) is 0. The molecule has 0 bridgehead atoms. The number of nitrogens with zero attached hydrogens (tertiary/aromatic N) is 1. The highest BCUT2D eigenvalue weighted by Crippen LogP contribution is 2.35. The zero-order valence-electron chi connectivity index (χ0n) is 39.0. The van der Waals surface area contributed by atoms with Crippen LogP contribution in [0, 0.1) is 11.8 Å². The predicted octanol–water partition coefficient (Wildman–Crippen LogP) is 14.3. The summed E-state index contributed by atoms with van der Waals surface area (Å²) in [6.07, 6.45) is 36.4. The zero-order chi connectivity index (χ0) is 41.7. The Kier molecular flexibility index (Phi) is 35.7. The van der Waals surface area contributed by atoms with Crippen LogP contribution in [0.2, 0.25) is 0 Å². The van der Waals surface area contributed by atoms with Crippen LogP contribution in [0.15, 0.2) is 0 Å². The van der Waals surface area contributed by atoms with Crippen molar-refractivity contribution in [3.8, 4) is 0 Å². The first-order valence-corrected chi connectivity index (χ1v) is 25.2. The van der Waals surface area contributed by atoms with E-state index in [1.807, 2.05) is 0 Å². The monoisotopic (exact) mass is 808 g/mol. The first kappa shape index (κ1) is 53.8. The SMILES string of the molecule is CCCCCC(CCCCC)CCOC(=O)CCCCCCCC1(CCCCCCCC(=O)OCCC(CCCCC)CCCCC)OCC(CN(CC)CC)O1. The molecular weight excluding hydrogens is 711 g/mol. The molecule has 0 aromatic heterocycles. The van der Waals surface area contributed by atoms with Crippen LogP contribution in [-0.2, 0) is 28.5 Å². The van der Waals surface area contributed by atoms with E-state index in [0.29, 0.717) is 44.5 Å². The second-order valence-corrected chi connectivity index (χ2v) is 17.7. The molecule has 1 aliphatic rings. The number of likely N-dealkylation sites (N-methyl/N-ethyl adjacent to an activating group) is 1. The molecule has 0 aliphatic carbocycles. The molecule has 0 aromatic rings. The molecule has 7 nitrogen and oxygen atoms in total. The first-order valence-electron chi connectivity index (χ1n) is 25.2. The maximum Gasteiger partial charge on any atom is 0.305 e. The van der Waals surface area contributed by atoms with Crippen LogP contribution in [0.4, 0.5) is 0 Å². The molecule has 7 heteroatoms. The number of esters is 2. The molecule has 1 atom stereocenters. The van der Waals surface area contributed by atoms with Crippen LogP contribution in [0.5, 0.6) is 0 Å². The Morgan fingerprint density at radius 3 is 1.30 bits per heavy atom. The molecular formula is C50H97NO6. The molecule has 338 valence electrons. The summed E-state index contributed by atoms with van der Waals surface area (Å²) in [6, 6.07) is 0. The van der Waals surface area contributed by atoms with Gasteiger partial charge < -0.3 is 23.8 Å². The number of ether oxygens (including phenoxy) is 4. The van der Waals surface area contributed by atoms with Gasteiger partial charge in [0.2, 0.25) is 0 Å². The molecule has 0 aromatic carbocycles. The van der Waals surface area contributed by atoms with Crippen molar-refractivity contribution in [3.05, 3.63) is 0 Å². The Morgan fingerprint density at radius 1 is 0.526 bits per heavy atom. The summed E-state index contributed by atoms with van der Waals surface area (Å²) < 4.78 is 24.6. The second kappa shape index (κ2) is 37.8. The van der Waals surface area contributed by atoms with E-state index in [1.165, 1.54) is 103 Å². The van der Waals surface area contributed by atoms with Gasteiger partial charge in [0.25, 0.3) is 0 Å². The number of rotatable bonds is 42. The quantitative estimate of drug-likeness (QED) is 0.0449. The Hall–Kier alpha value is -1.18. The van der Waals surface area contributed by atoms with Gasteiger partial charge >= 0.3 is 11.9 Å². The van der Waals surface area contributed by atoms with Crippen LogP contribution in [0.25, 0.3) is 0 Å². The van der Waals surface area contributed by atoms with Crippen molar-refractivity contribution in [1.29, 1.82) is 0 Å². The lowest BCUT2D eigenvalue weighted by molar-refractivity contribution is -0.180. The van der Waals surface area contributed by atoms with Gasteiger partial charge in [0.1, 0.15) is 0 Å². The van der Waals surface area contributed by atoms with E-state index in [-0.39, 0.29) is 18.0 Å². The van der Waals surface area contributed by atoms with Crippen molar-refractivity contribution >= 4 is 11.9 Å². The van der Waals surface area contributed by atoms with Crippen molar-refractivity contribution in [1.82, 2.24) is 4.90 Å². The second-order valence-electron chi connectivity index (χ2n) is 17.7. The van der Waals surface area contributed by atoms with Crippen LogP contribution >= 0.6 is 0 Å². The minimum absolute atomic E-state index is 0.0172. The number of hydrogen-bond acceptors (Lipinski definition) is 7. The van der Waals surface area contributed by atoms with Gasteiger partial charge in [-0.1, -0.05) is 183 Å². The molecule has 0 amide bonds. The third kappa shape index (κ3) is 29.7. The summed E-state index contributed by atoms with van der Waals surface area (Å²) in [6.45, 7) is 18.3. The van der Waals surface area contributed by atoms with Gasteiger partial charge in [0, 0.05) is 32.2 Å². The van der Waals surface area contributed by atoms with Crippen LogP contribution in [0.1, 0.15) is 247 Å². The lowest BCUT2D eigenvalue weighted by Crippen LogP contribution is -2.36. The molecule has 0 saturated carbocycles. The van der Waals surface area contributed by atoms with Crippen molar-refractivity contribution in [2.75, 3.05) is 39.5 Å². The van der Waals surface area contributed by atoms with E-state index in [2.05, 4.69) is 46.4 Å². The molecule has 0 radical (unpaired) electrons. The topological polar surface area (TPSA) is 74.3 Å². The Bertz CT molecular complexity index is 833. The third-order valence-corrected chi connectivity index (χ3v) is 12.6. The van der Waals surface area contributed by atoms with E-state index in [9.17, 15) is 9.59 Å². The molecule has 1 heterocycles. The van der Waals surface area contributed by atoms with Gasteiger partial charge in [0.05, 0.1) is 25.9 Å². The fraction of sp³-hybridized carbons (Fsp3) is 0.960. The van der Waals surface area contributed by atoms with Crippen LogP contribution < -0.4 is 0 Å². The summed E-state index contributed by atoms with van der Waals surface area (Å²) >= 11 is 0. The van der Waals surface area contributed by atoms with Gasteiger partial charge in [-0.05, 0) is 63.5 Å². The van der Waals surface area contributed by atoms with Gasteiger partial charge in [-0.25, -0.2) is 0 Å². The maximum absolute atomic E-state index is 12.5. The number of hydrogen-bond donors (Lipinski definition) is 0. The highest BCUT2D eigenvalue weighted by Gasteiger charge is 2.40. The van der Waals surface area contributed by atoms with Crippen molar-refractivity contribution in [2.24, 2.45) is 11.8 Å². The largest absolute Gasteiger partial charge is 0.466 e. The number of unbranched alkanes of at least 4 members (excludes halogenated alkanes) is 16. The van der Waals surface area contributed by atoms with Crippen molar-refractivity contribution in [3.63, 3.8) is 0 Å². The highest BCUT2D eigenvalue weighted by molar-refractivity contribution is 5.69. The van der Waals surface area contributed by atoms with Gasteiger partial charge in [-0.2, -0.15) is 0 Å². The molecule has 1 rings (SSSR count).